The average Bonchev–Trinajstić information content (AvgIpc) is 2.14. The van der Waals surface area contributed by atoms with Crippen molar-refractivity contribution in [3.63, 3.8) is 0 Å². The molecule has 0 radical (unpaired) electrons. The van der Waals surface area contributed by atoms with Gasteiger partial charge in [0, 0.05) is 5.56 Å². The van der Waals surface area contributed by atoms with Gasteiger partial charge in [0.25, 0.3) is 0 Å². The van der Waals surface area contributed by atoms with E-state index >= 15 is 0 Å². The van der Waals surface area contributed by atoms with Gasteiger partial charge in [-0.3, -0.25) is 4.57 Å². The molecule has 0 aromatic heterocycles. The maximum absolute atomic E-state index is 11.6. The molecule has 1 rings (SSSR count). The Kier molecular flexibility index (Phi) is 3.81. The quantitative estimate of drug-likeness (QED) is 0.550. The summed E-state index contributed by atoms with van der Waals surface area (Å²) in [5.74, 6) is 0. The van der Waals surface area contributed by atoms with Gasteiger partial charge in [-0.2, -0.15) is 0 Å². The fourth-order valence-electron chi connectivity index (χ4n) is 1.72. The van der Waals surface area contributed by atoms with Gasteiger partial charge in [0.05, 0.1) is 21.1 Å². The van der Waals surface area contributed by atoms with Crippen molar-refractivity contribution < 1.29 is 23.9 Å². The number of quaternary nitrogens is 1. The van der Waals surface area contributed by atoms with Crippen LogP contribution in [0.2, 0.25) is 0 Å². The van der Waals surface area contributed by atoms with Gasteiger partial charge in [0.15, 0.2) is 0 Å². The van der Waals surface area contributed by atoms with E-state index in [-0.39, 0.29) is 16.6 Å². The SMILES string of the molecule is C[N+](C)(C)CC(O)(c1ccccc1)P(=O)(O)O. The van der Waals surface area contributed by atoms with Crippen LogP contribution in [0.1, 0.15) is 5.56 Å². The molecule has 1 unspecified atom stereocenters. The molecule has 0 saturated heterocycles. The van der Waals surface area contributed by atoms with Crippen molar-refractivity contribution in [1.29, 1.82) is 0 Å². The third-order valence-electron chi connectivity index (χ3n) is 2.41. The van der Waals surface area contributed by atoms with E-state index in [2.05, 4.69) is 0 Å². The minimum Gasteiger partial charge on any atom is -0.369 e. The Morgan fingerprint density at radius 3 is 2.00 bits per heavy atom. The lowest BCUT2D eigenvalue weighted by atomic mass is 10.1. The molecule has 0 spiro atoms. The molecule has 0 aliphatic heterocycles. The van der Waals surface area contributed by atoms with E-state index in [0.717, 1.165) is 0 Å². The van der Waals surface area contributed by atoms with Crippen LogP contribution in [0.3, 0.4) is 0 Å². The summed E-state index contributed by atoms with van der Waals surface area (Å²) >= 11 is 0. The Labute approximate surface area is 101 Å². The van der Waals surface area contributed by atoms with Crippen LogP contribution in [0.4, 0.5) is 0 Å². The number of hydrogen-bond donors (Lipinski definition) is 3. The summed E-state index contributed by atoms with van der Waals surface area (Å²) < 4.78 is 11.8. The van der Waals surface area contributed by atoms with Crippen molar-refractivity contribution >= 4 is 7.60 Å². The van der Waals surface area contributed by atoms with Gasteiger partial charge in [-0.25, -0.2) is 0 Å². The number of aliphatic hydroxyl groups is 1. The Morgan fingerprint density at radius 2 is 1.65 bits per heavy atom. The van der Waals surface area contributed by atoms with Gasteiger partial charge in [-0.05, 0) is 0 Å². The summed E-state index contributed by atoms with van der Waals surface area (Å²) in [4.78, 5) is 18.8. The van der Waals surface area contributed by atoms with E-state index in [9.17, 15) is 19.5 Å². The van der Waals surface area contributed by atoms with Crippen LogP contribution in [-0.2, 0) is 9.91 Å². The summed E-state index contributed by atoms with van der Waals surface area (Å²) in [5.41, 5.74) is 0.237. The molecular formula is C11H19NO4P+. The minimum absolute atomic E-state index is 0.0682. The molecule has 0 heterocycles. The summed E-state index contributed by atoms with van der Waals surface area (Å²) in [7, 11) is 0.636. The highest BCUT2D eigenvalue weighted by atomic mass is 31.2. The lowest BCUT2D eigenvalue weighted by Crippen LogP contribution is -2.47. The largest absolute Gasteiger partial charge is 0.369 e. The highest BCUT2D eigenvalue weighted by Crippen LogP contribution is 2.55. The van der Waals surface area contributed by atoms with Gasteiger partial charge in [-0.15, -0.1) is 0 Å². The van der Waals surface area contributed by atoms with Crippen LogP contribution in [0.25, 0.3) is 0 Å². The van der Waals surface area contributed by atoms with Crippen LogP contribution in [-0.4, -0.2) is 47.1 Å². The van der Waals surface area contributed by atoms with Crippen molar-refractivity contribution in [3.05, 3.63) is 35.9 Å². The van der Waals surface area contributed by atoms with Crippen LogP contribution >= 0.6 is 7.60 Å². The monoisotopic (exact) mass is 260 g/mol. The normalized spacial score (nSPS) is 16.6. The van der Waals surface area contributed by atoms with Crippen LogP contribution in [0.15, 0.2) is 30.3 Å². The predicted molar refractivity (Wildman–Crippen MR) is 65.3 cm³/mol. The zero-order valence-electron chi connectivity index (χ0n) is 10.2. The lowest BCUT2D eigenvalue weighted by Gasteiger charge is -2.35. The number of nitrogens with zero attached hydrogens (tertiary/aromatic N) is 1. The van der Waals surface area contributed by atoms with Crippen LogP contribution < -0.4 is 0 Å². The summed E-state index contributed by atoms with van der Waals surface area (Å²) in [6.45, 7) is -0.0682. The second-order valence-electron chi connectivity index (χ2n) is 5.18. The van der Waals surface area contributed by atoms with Gasteiger partial charge in [-0.1, -0.05) is 30.3 Å². The van der Waals surface area contributed by atoms with Gasteiger partial charge >= 0.3 is 7.60 Å². The van der Waals surface area contributed by atoms with E-state index in [1.165, 1.54) is 12.1 Å². The van der Waals surface area contributed by atoms with E-state index in [0.29, 0.717) is 0 Å². The number of rotatable bonds is 4. The fourth-order valence-corrected chi connectivity index (χ4v) is 2.81. The Morgan fingerprint density at radius 1 is 1.18 bits per heavy atom. The Bertz CT molecular complexity index is 423. The molecule has 6 heteroatoms. The third kappa shape index (κ3) is 3.37. The van der Waals surface area contributed by atoms with Crippen molar-refractivity contribution in [3.8, 4) is 0 Å². The highest BCUT2D eigenvalue weighted by Gasteiger charge is 2.50. The molecule has 5 nitrogen and oxygen atoms in total. The standard InChI is InChI=1S/C11H18NO4P/c1-12(2,3)9-11(13,17(14,15)16)10-7-5-4-6-8-10/h4-8,13H,9H2,1-3H3,(H-,14,15,16)/p+1. The maximum Gasteiger partial charge on any atom is 0.367 e. The molecule has 0 fully saturated rings. The molecular weight excluding hydrogens is 241 g/mol. The molecule has 0 amide bonds. The molecule has 0 aliphatic rings. The molecule has 1 aromatic carbocycles. The molecule has 3 N–H and O–H groups in total. The molecule has 0 bridgehead atoms. The smallest absolute Gasteiger partial charge is 0.367 e. The first kappa shape index (κ1) is 14.4. The number of benzene rings is 1. The Hall–Kier alpha value is -0.710. The van der Waals surface area contributed by atoms with E-state index in [4.69, 9.17) is 0 Å². The molecule has 17 heavy (non-hydrogen) atoms. The second kappa shape index (κ2) is 4.52. The molecule has 96 valence electrons. The van der Waals surface area contributed by atoms with Gasteiger partial charge < -0.3 is 19.4 Å². The van der Waals surface area contributed by atoms with Crippen LogP contribution in [0, 0.1) is 0 Å². The molecule has 1 aromatic rings. The first-order valence-electron chi connectivity index (χ1n) is 5.20. The van der Waals surface area contributed by atoms with Crippen LogP contribution in [0.5, 0.6) is 0 Å². The Balaban J connectivity index is 3.27. The lowest BCUT2D eigenvalue weighted by molar-refractivity contribution is -0.876. The first-order valence-corrected chi connectivity index (χ1v) is 6.81. The van der Waals surface area contributed by atoms with E-state index in [1.807, 2.05) is 0 Å². The number of hydrogen-bond acceptors (Lipinski definition) is 2. The zero-order valence-corrected chi connectivity index (χ0v) is 11.1. The topological polar surface area (TPSA) is 77.8 Å². The van der Waals surface area contributed by atoms with Gasteiger partial charge in [0.1, 0.15) is 6.54 Å². The molecule has 0 aliphatic carbocycles. The molecule has 1 atom stereocenters. The van der Waals surface area contributed by atoms with E-state index in [1.54, 1.807) is 39.3 Å². The second-order valence-corrected chi connectivity index (χ2v) is 7.00. The van der Waals surface area contributed by atoms with Crippen molar-refractivity contribution in [2.24, 2.45) is 0 Å². The highest BCUT2D eigenvalue weighted by molar-refractivity contribution is 7.52. The predicted octanol–water partition coefficient (Wildman–Crippen LogP) is 0.716. The van der Waals surface area contributed by atoms with Crippen molar-refractivity contribution in [1.82, 2.24) is 0 Å². The fraction of sp³-hybridized carbons (Fsp3) is 0.455. The van der Waals surface area contributed by atoms with Gasteiger partial charge in [0.2, 0.25) is 5.34 Å². The van der Waals surface area contributed by atoms with Crippen molar-refractivity contribution in [2.45, 2.75) is 5.34 Å². The third-order valence-corrected chi connectivity index (χ3v) is 3.78. The van der Waals surface area contributed by atoms with E-state index < -0.39 is 12.9 Å². The number of likely N-dealkylation sites (N-methyl/N-ethyl adjacent to an activating group) is 1. The summed E-state index contributed by atoms with van der Waals surface area (Å²) in [6.07, 6.45) is 0. The van der Waals surface area contributed by atoms with Crippen molar-refractivity contribution in [2.75, 3.05) is 27.7 Å². The molecule has 0 saturated carbocycles. The summed E-state index contributed by atoms with van der Waals surface area (Å²) in [6, 6.07) is 8.07. The summed E-state index contributed by atoms with van der Waals surface area (Å²) in [5, 5.41) is 8.23. The maximum atomic E-state index is 11.6. The minimum atomic E-state index is -4.67. The first-order chi connectivity index (χ1) is 7.56. The average molecular weight is 260 g/mol. The zero-order chi connectivity index (χ0) is 13.3.